The Balaban J connectivity index is 1.49. The molecule has 2 aromatic heterocycles. The van der Waals surface area contributed by atoms with Crippen LogP contribution >= 0.6 is 11.6 Å². The van der Waals surface area contributed by atoms with Crippen molar-refractivity contribution in [2.45, 2.75) is 13.0 Å². The molecule has 4 aromatic rings. The minimum absolute atomic E-state index is 0.0529. The SMILES string of the molecule is CN(CC(=O)NCc1ccco1)C(=O)Cc1cn(-c2ccccc2)nc1-c1ccc(Cl)cc1. The van der Waals surface area contributed by atoms with Crippen molar-refractivity contribution >= 4 is 23.4 Å². The van der Waals surface area contributed by atoms with Crippen LogP contribution in [0, 0.1) is 0 Å². The van der Waals surface area contributed by atoms with Crippen LogP contribution < -0.4 is 5.32 Å². The first kappa shape index (κ1) is 22.4. The number of amides is 2. The summed E-state index contributed by atoms with van der Waals surface area (Å²) in [5, 5.41) is 8.10. The summed E-state index contributed by atoms with van der Waals surface area (Å²) < 4.78 is 6.96. The van der Waals surface area contributed by atoms with Gasteiger partial charge in [-0.3, -0.25) is 9.59 Å². The van der Waals surface area contributed by atoms with Crippen molar-refractivity contribution < 1.29 is 14.0 Å². The highest BCUT2D eigenvalue weighted by Crippen LogP contribution is 2.26. The molecule has 0 bridgehead atoms. The zero-order chi connectivity index (χ0) is 23.2. The number of hydrogen-bond donors (Lipinski definition) is 1. The van der Waals surface area contributed by atoms with Crippen LogP contribution in [0.25, 0.3) is 16.9 Å². The average molecular weight is 463 g/mol. The molecule has 0 saturated carbocycles. The molecule has 0 aliphatic rings. The Hall–Kier alpha value is -3.84. The summed E-state index contributed by atoms with van der Waals surface area (Å²) in [4.78, 5) is 26.6. The molecule has 1 N–H and O–H groups in total. The molecule has 2 amide bonds. The van der Waals surface area contributed by atoms with Gasteiger partial charge in [-0.2, -0.15) is 5.10 Å². The van der Waals surface area contributed by atoms with Crippen LogP contribution in [0.4, 0.5) is 0 Å². The Kier molecular flexibility index (Phi) is 6.90. The van der Waals surface area contributed by atoms with Crippen LogP contribution in [0.1, 0.15) is 11.3 Å². The largest absolute Gasteiger partial charge is 0.467 e. The third kappa shape index (κ3) is 5.70. The molecule has 2 aromatic carbocycles. The maximum atomic E-state index is 12.9. The molecular formula is C25H23ClN4O3. The lowest BCUT2D eigenvalue weighted by molar-refractivity contribution is -0.134. The van der Waals surface area contributed by atoms with Crippen LogP contribution in [0.3, 0.4) is 0 Å². The van der Waals surface area contributed by atoms with Gasteiger partial charge in [-0.25, -0.2) is 4.68 Å². The summed E-state index contributed by atoms with van der Waals surface area (Å²) >= 11 is 6.04. The first-order valence-corrected chi connectivity index (χ1v) is 10.8. The maximum Gasteiger partial charge on any atom is 0.239 e. The van der Waals surface area contributed by atoms with Gasteiger partial charge in [-0.05, 0) is 36.4 Å². The van der Waals surface area contributed by atoms with E-state index in [1.54, 1.807) is 42.3 Å². The van der Waals surface area contributed by atoms with Crippen molar-refractivity contribution in [3.05, 3.63) is 95.5 Å². The summed E-state index contributed by atoms with van der Waals surface area (Å²) in [5.41, 5.74) is 3.20. The summed E-state index contributed by atoms with van der Waals surface area (Å²) in [6.07, 6.45) is 3.50. The quantitative estimate of drug-likeness (QED) is 0.427. The highest BCUT2D eigenvalue weighted by atomic mass is 35.5. The Morgan fingerprint density at radius 1 is 1.06 bits per heavy atom. The predicted octanol–water partition coefficient (Wildman–Crippen LogP) is 4.10. The summed E-state index contributed by atoms with van der Waals surface area (Å²) in [6, 6.07) is 20.5. The zero-order valence-electron chi connectivity index (χ0n) is 18.1. The van der Waals surface area contributed by atoms with Crippen LogP contribution in [0.2, 0.25) is 5.02 Å². The smallest absolute Gasteiger partial charge is 0.239 e. The molecule has 0 aliphatic carbocycles. The van der Waals surface area contributed by atoms with Gasteiger partial charge < -0.3 is 14.6 Å². The summed E-state index contributed by atoms with van der Waals surface area (Å²) in [7, 11) is 1.61. The Labute approximate surface area is 196 Å². The standard InChI is InChI=1S/C25H23ClN4O3/c1-29(17-23(31)27-15-22-8-5-13-33-22)24(32)14-19-16-30(21-6-3-2-4-7-21)28-25(19)18-9-11-20(26)12-10-18/h2-13,16H,14-15,17H2,1H3,(H,27,31). The molecule has 0 aliphatic heterocycles. The third-order valence-corrected chi connectivity index (χ3v) is 5.37. The van der Waals surface area contributed by atoms with Crippen LogP contribution in [0.15, 0.2) is 83.6 Å². The summed E-state index contributed by atoms with van der Waals surface area (Å²) in [6.45, 7) is 0.223. The minimum Gasteiger partial charge on any atom is -0.467 e. The molecule has 0 spiro atoms. The molecule has 4 rings (SSSR count). The highest BCUT2D eigenvalue weighted by molar-refractivity contribution is 6.30. The predicted molar refractivity (Wildman–Crippen MR) is 126 cm³/mol. The molecular weight excluding hydrogens is 440 g/mol. The number of hydrogen-bond acceptors (Lipinski definition) is 4. The van der Waals surface area contributed by atoms with Gasteiger partial charge in [-0.1, -0.05) is 41.9 Å². The van der Waals surface area contributed by atoms with Crippen LogP contribution in [-0.4, -0.2) is 40.1 Å². The number of nitrogens with one attached hydrogen (secondary N) is 1. The Morgan fingerprint density at radius 2 is 1.82 bits per heavy atom. The normalized spacial score (nSPS) is 10.7. The maximum absolute atomic E-state index is 12.9. The number of furan rings is 1. The van der Waals surface area contributed by atoms with Gasteiger partial charge in [0.2, 0.25) is 11.8 Å². The van der Waals surface area contributed by atoms with E-state index in [0.717, 1.165) is 16.8 Å². The minimum atomic E-state index is -0.264. The first-order valence-electron chi connectivity index (χ1n) is 10.4. The second-order valence-electron chi connectivity index (χ2n) is 7.57. The van der Waals surface area contributed by atoms with E-state index in [9.17, 15) is 9.59 Å². The number of aromatic nitrogens is 2. The van der Waals surface area contributed by atoms with Crippen molar-refractivity contribution in [2.24, 2.45) is 0 Å². The van der Waals surface area contributed by atoms with Crippen molar-refractivity contribution in [1.29, 1.82) is 0 Å². The molecule has 0 fully saturated rings. The number of nitrogens with zero attached hydrogens (tertiary/aromatic N) is 3. The third-order valence-electron chi connectivity index (χ3n) is 5.12. The number of benzene rings is 2. The lowest BCUT2D eigenvalue weighted by Crippen LogP contribution is -2.38. The van der Waals surface area contributed by atoms with Gasteiger partial charge in [0.25, 0.3) is 0 Å². The fourth-order valence-corrected chi connectivity index (χ4v) is 3.49. The highest BCUT2D eigenvalue weighted by Gasteiger charge is 2.19. The van der Waals surface area contributed by atoms with Crippen molar-refractivity contribution in [1.82, 2.24) is 20.0 Å². The lowest BCUT2D eigenvalue weighted by atomic mass is 10.1. The molecule has 8 heteroatoms. The monoisotopic (exact) mass is 462 g/mol. The van der Waals surface area contributed by atoms with Gasteiger partial charge in [0, 0.05) is 29.4 Å². The van der Waals surface area contributed by atoms with Crippen LogP contribution in [0.5, 0.6) is 0 Å². The van der Waals surface area contributed by atoms with Gasteiger partial charge >= 0.3 is 0 Å². The molecule has 0 radical (unpaired) electrons. The number of carbonyl (C=O) groups excluding carboxylic acids is 2. The molecule has 168 valence electrons. The summed E-state index contributed by atoms with van der Waals surface area (Å²) in [5.74, 6) is 0.199. The van der Waals surface area contributed by atoms with Crippen molar-refractivity contribution in [3.8, 4) is 16.9 Å². The Bertz CT molecular complexity index is 1220. The van der Waals surface area contributed by atoms with E-state index in [1.807, 2.05) is 48.7 Å². The number of likely N-dealkylation sites (N-methyl/N-ethyl adjacent to an activating group) is 1. The molecule has 0 unspecified atom stereocenters. The van der Waals surface area contributed by atoms with Gasteiger partial charge in [0.1, 0.15) is 5.76 Å². The van der Waals surface area contributed by atoms with E-state index >= 15 is 0 Å². The van der Waals surface area contributed by atoms with E-state index in [1.165, 1.54) is 4.90 Å². The van der Waals surface area contributed by atoms with Gasteiger partial charge in [0.15, 0.2) is 0 Å². The van der Waals surface area contributed by atoms with E-state index in [4.69, 9.17) is 21.1 Å². The lowest BCUT2D eigenvalue weighted by Gasteiger charge is -2.16. The Morgan fingerprint density at radius 3 is 2.52 bits per heavy atom. The van der Waals surface area contributed by atoms with Crippen LogP contribution in [-0.2, 0) is 22.6 Å². The van der Waals surface area contributed by atoms with E-state index in [2.05, 4.69) is 5.32 Å². The van der Waals surface area contributed by atoms with E-state index in [0.29, 0.717) is 16.5 Å². The number of rotatable bonds is 8. The topological polar surface area (TPSA) is 80.4 Å². The zero-order valence-corrected chi connectivity index (χ0v) is 18.8. The van der Waals surface area contributed by atoms with Crippen molar-refractivity contribution in [2.75, 3.05) is 13.6 Å². The number of carbonyl (C=O) groups is 2. The molecule has 33 heavy (non-hydrogen) atoms. The molecule has 0 saturated heterocycles. The second-order valence-corrected chi connectivity index (χ2v) is 8.01. The molecule has 7 nitrogen and oxygen atoms in total. The van der Waals surface area contributed by atoms with E-state index < -0.39 is 0 Å². The molecule has 0 atom stereocenters. The fraction of sp³-hybridized carbons (Fsp3) is 0.160. The van der Waals surface area contributed by atoms with Gasteiger partial charge in [0.05, 0.1) is 37.2 Å². The van der Waals surface area contributed by atoms with Gasteiger partial charge in [-0.15, -0.1) is 0 Å². The fourth-order valence-electron chi connectivity index (χ4n) is 3.36. The van der Waals surface area contributed by atoms with Crippen molar-refractivity contribution in [3.63, 3.8) is 0 Å². The second kappa shape index (κ2) is 10.2. The number of para-hydroxylation sites is 1. The first-order chi connectivity index (χ1) is 16.0. The van der Waals surface area contributed by atoms with E-state index in [-0.39, 0.29) is 31.3 Å². The molecule has 2 heterocycles. The number of halogens is 1. The average Bonchev–Trinajstić information content (AvgIpc) is 3.49.